The summed E-state index contributed by atoms with van der Waals surface area (Å²) >= 11 is 7.64. The van der Waals surface area contributed by atoms with Crippen molar-refractivity contribution in [2.75, 3.05) is 25.5 Å². The van der Waals surface area contributed by atoms with E-state index in [-0.39, 0.29) is 29.6 Å². The number of aliphatic hydroxyl groups is 1. The number of aliphatic hydroxyl groups excluding tert-OH is 1. The van der Waals surface area contributed by atoms with E-state index in [1.165, 1.54) is 0 Å². The number of hydrogen-bond donors (Lipinski definition) is 3. The van der Waals surface area contributed by atoms with Gasteiger partial charge in [0.25, 0.3) is 0 Å². The van der Waals surface area contributed by atoms with E-state index < -0.39 is 22.6 Å². The van der Waals surface area contributed by atoms with Gasteiger partial charge in [0.15, 0.2) is 0 Å². The molecule has 3 aliphatic heterocycles. The second-order valence-corrected chi connectivity index (χ2v) is 10.9. The highest BCUT2D eigenvalue weighted by Crippen LogP contribution is 2.66. The van der Waals surface area contributed by atoms with Gasteiger partial charge in [-0.1, -0.05) is 24.4 Å². The molecule has 2 bridgehead atoms. The van der Waals surface area contributed by atoms with Crippen LogP contribution in [0.4, 0.5) is 5.69 Å². The lowest BCUT2D eigenvalue weighted by atomic mass is 9.71. The van der Waals surface area contributed by atoms with Crippen molar-refractivity contribution in [1.82, 2.24) is 10.2 Å². The SMILES string of the molecule is CNC(=O)[C@@H]1[C@H]2C(=O)N(CCCCCCO)C(C(=O)Nc3ccc(Cl)cc3)C23CC[C@H]1S3. The fourth-order valence-corrected chi connectivity index (χ4v) is 8.00. The van der Waals surface area contributed by atoms with Crippen LogP contribution >= 0.6 is 23.4 Å². The van der Waals surface area contributed by atoms with Crippen molar-refractivity contribution in [2.24, 2.45) is 11.8 Å². The molecule has 9 heteroatoms. The van der Waals surface area contributed by atoms with E-state index in [1.807, 2.05) is 0 Å². The number of carbonyl (C=O) groups excluding carboxylic acids is 3. The van der Waals surface area contributed by atoms with Gasteiger partial charge in [0.2, 0.25) is 17.7 Å². The fourth-order valence-electron chi connectivity index (χ4n) is 5.65. The molecule has 1 aromatic rings. The van der Waals surface area contributed by atoms with Crippen LogP contribution in [-0.2, 0) is 14.4 Å². The number of amides is 3. The quantitative estimate of drug-likeness (QED) is 0.473. The summed E-state index contributed by atoms with van der Waals surface area (Å²) in [5.41, 5.74) is 0.634. The monoisotopic (exact) mass is 479 g/mol. The molecular formula is C23H30ClN3O4S. The number of carbonyl (C=O) groups is 3. The van der Waals surface area contributed by atoms with Crippen LogP contribution in [0.1, 0.15) is 38.5 Å². The molecule has 3 heterocycles. The molecule has 1 spiro atoms. The minimum Gasteiger partial charge on any atom is -0.396 e. The summed E-state index contributed by atoms with van der Waals surface area (Å²) < 4.78 is -0.569. The molecule has 0 saturated carbocycles. The zero-order valence-electron chi connectivity index (χ0n) is 18.2. The molecule has 0 aromatic heterocycles. The topological polar surface area (TPSA) is 98.7 Å². The molecule has 3 fully saturated rings. The van der Waals surface area contributed by atoms with Gasteiger partial charge in [-0.3, -0.25) is 14.4 Å². The molecule has 5 atom stereocenters. The number of benzene rings is 1. The van der Waals surface area contributed by atoms with Gasteiger partial charge < -0.3 is 20.6 Å². The van der Waals surface area contributed by atoms with E-state index in [0.29, 0.717) is 17.3 Å². The third-order valence-corrected chi connectivity index (χ3v) is 9.22. The molecule has 3 saturated heterocycles. The minimum atomic E-state index is -0.613. The highest BCUT2D eigenvalue weighted by atomic mass is 35.5. The predicted molar refractivity (Wildman–Crippen MR) is 126 cm³/mol. The van der Waals surface area contributed by atoms with Crippen LogP contribution in [0.2, 0.25) is 5.02 Å². The zero-order chi connectivity index (χ0) is 22.9. The third-order valence-electron chi connectivity index (χ3n) is 7.02. The Kier molecular flexibility index (Phi) is 7.03. The second-order valence-electron chi connectivity index (χ2n) is 8.84. The molecule has 1 aromatic carbocycles. The normalized spacial score (nSPS) is 30.5. The summed E-state index contributed by atoms with van der Waals surface area (Å²) in [6.45, 7) is 0.638. The number of hydrogen-bond acceptors (Lipinski definition) is 5. The molecule has 3 amide bonds. The molecule has 0 aliphatic carbocycles. The Hall–Kier alpha value is -1.77. The summed E-state index contributed by atoms with van der Waals surface area (Å²) in [7, 11) is 1.61. The number of thioether (sulfide) groups is 1. The number of anilines is 1. The maximum atomic E-state index is 13.6. The molecule has 3 N–H and O–H groups in total. The summed E-state index contributed by atoms with van der Waals surface area (Å²) in [5, 5.41) is 15.4. The standard InChI is InChI=1S/C23H30ClN3O4S/c1-25-20(29)17-16-10-11-23(32-16)18(17)22(31)27(12-4-2-3-5-13-28)19(23)21(30)26-15-8-6-14(24)7-9-15/h6-9,16-19,28H,2-5,10-13H2,1H3,(H,25,29)(H,26,30)/t16-,17+,18+,19?,23?/m1/s1. The highest BCUT2D eigenvalue weighted by molar-refractivity contribution is 8.02. The summed E-state index contributed by atoms with van der Waals surface area (Å²) in [6, 6.07) is 6.32. The van der Waals surface area contributed by atoms with Crippen molar-refractivity contribution in [3.05, 3.63) is 29.3 Å². The number of likely N-dealkylation sites (tertiary alicyclic amines) is 1. The first-order chi connectivity index (χ1) is 15.4. The number of unbranched alkanes of at least 4 members (excludes halogenated alkanes) is 3. The first-order valence-electron chi connectivity index (χ1n) is 11.3. The lowest BCUT2D eigenvalue weighted by Crippen LogP contribution is -2.51. The Morgan fingerprint density at radius 2 is 1.91 bits per heavy atom. The van der Waals surface area contributed by atoms with E-state index in [0.717, 1.165) is 38.5 Å². The lowest BCUT2D eigenvalue weighted by molar-refractivity contribution is -0.139. The number of halogens is 1. The first kappa shape index (κ1) is 23.4. The predicted octanol–water partition coefficient (Wildman–Crippen LogP) is 2.67. The molecule has 3 aliphatic rings. The van der Waals surface area contributed by atoms with E-state index in [1.54, 1.807) is 48.0 Å². The van der Waals surface area contributed by atoms with Crippen molar-refractivity contribution in [3.63, 3.8) is 0 Å². The molecule has 32 heavy (non-hydrogen) atoms. The van der Waals surface area contributed by atoms with Crippen molar-refractivity contribution < 1.29 is 19.5 Å². The second kappa shape index (κ2) is 9.61. The van der Waals surface area contributed by atoms with E-state index >= 15 is 0 Å². The van der Waals surface area contributed by atoms with Gasteiger partial charge in [-0.15, -0.1) is 11.8 Å². The number of rotatable bonds is 9. The highest BCUT2D eigenvalue weighted by Gasteiger charge is 2.73. The van der Waals surface area contributed by atoms with Crippen LogP contribution in [0.15, 0.2) is 24.3 Å². The van der Waals surface area contributed by atoms with Crippen molar-refractivity contribution in [1.29, 1.82) is 0 Å². The maximum absolute atomic E-state index is 13.6. The maximum Gasteiger partial charge on any atom is 0.248 e. The number of fused-ring (bicyclic) bond motifs is 1. The average molecular weight is 480 g/mol. The number of nitrogens with zero attached hydrogens (tertiary/aromatic N) is 1. The summed E-state index contributed by atoms with van der Waals surface area (Å²) in [5.74, 6) is -1.25. The van der Waals surface area contributed by atoms with E-state index in [4.69, 9.17) is 16.7 Å². The van der Waals surface area contributed by atoms with Gasteiger partial charge in [0.05, 0.1) is 16.6 Å². The van der Waals surface area contributed by atoms with Crippen LogP contribution in [0, 0.1) is 11.8 Å². The van der Waals surface area contributed by atoms with Gasteiger partial charge >= 0.3 is 0 Å². The first-order valence-corrected chi connectivity index (χ1v) is 12.6. The molecule has 174 valence electrons. The molecule has 0 radical (unpaired) electrons. The van der Waals surface area contributed by atoms with Crippen molar-refractivity contribution >= 4 is 46.8 Å². The Balaban J connectivity index is 1.60. The van der Waals surface area contributed by atoms with Gasteiger partial charge in [-0.25, -0.2) is 0 Å². The van der Waals surface area contributed by atoms with E-state index in [2.05, 4.69) is 10.6 Å². The van der Waals surface area contributed by atoms with Crippen LogP contribution in [-0.4, -0.2) is 64.0 Å². The summed E-state index contributed by atoms with van der Waals surface area (Å²) in [4.78, 5) is 41.6. The van der Waals surface area contributed by atoms with E-state index in [9.17, 15) is 14.4 Å². The van der Waals surface area contributed by atoms with Crippen LogP contribution in [0.5, 0.6) is 0 Å². The Morgan fingerprint density at radius 1 is 1.19 bits per heavy atom. The molecule has 4 rings (SSSR count). The molecule has 7 nitrogen and oxygen atoms in total. The van der Waals surface area contributed by atoms with Crippen LogP contribution < -0.4 is 10.6 Å². The molecule has 2 unspecified atom stereocenters. The minimum absolute atomic E-state index is 0.0708. The third kappa shape index (κ3) is 4.01. The average Bonchev–Trinajstić information content (AvgIpc) is 3.42. The van der Waals surface area contributed by atoms with Crippen molar-refractivity contribution in [2.45, 2.75) is 54.6 Å². The van der Waals surface area contributed by atoms with Gasteiger partial charge in [0.1, 0.15) is 6.04 Å². The van der Waals surface area contributed by atoms with Gasteiger partial charge in [-0.05, 0) is 49.9 Å². The lowest BCUT2D eigenvalue weighted by Gasteiger charge is -2.34. The van der Waals surface area contributed by atoms with Crippen LogP contribution in [0.3, 0.4) is 0 Å². The van der Waals surface area contributed by atoms with Crippen molar-refractivity contribution in [3.8, 4) is 0 Å². The summed E-state index contributed by atoms with van der Waals surface area (Å²) in [6.07, 6.45) is 4.84. The zero-order valence-corrected chi connectivity index (χ0v) is 19.8. The number of nitrogens with one attached hydrogen (secondary N) is 2. The van der Waals surface area contributed by atoms with Crippen LogP contribution in [0.25, 0.3) is 0 Å². The Labute approximate surface area is 197 Å². The largest absolute Gasteiger partial charge is 0.396 e. The smallest absolute Gasteiger partial charge is 0.248 e. The Bertz CT molecular complexity index is 882. The van der Waals surface area contributed by atoms with Gasteiger partial charge in [0, 0.05) is 36.2 Å². The molecular weight excluding hydrogens is 450 g/mol. The Morgan fingerprint density at radius 3 is 2.59 bits per heavy atom. The van der Waals surface area contributed by atoms with Gasteiger partial charge in [-0.2, -0.15) is 0 Å². The fraction of sp³-hybridized carbons (Fsp3) is 0.609.